The first-order valence-corrected chi connectivity index (χ1v) is 4.74. The van der Waals surface area contributed by atoms with E-state index in [-0.39, 0.29) is 0 Å². The molecule has 1 fully saturated rings. The maximum atomic E-state index is 5.92. The Labute approximate surface area is 73.4 Å². The van der Waals surface area contributed by atoms with Crippen LogP contribution in [0, 0.1) is 0 Å². The number of hydrogen-bond acceptors (Lipinski definition) is 1. The van der Waals surface area contributed by atoms with Crippen LogP contribution in [0.25, 0.3) is 0 Å². The van der Waals surface area contributed by atoms with E-state index in [1.165, 1.54) is 19.3 Å². The molecule has 0 aliphatic heterocycles. The third-order valence-electron chi connectivity index (χ3n) is 2.74. The van der Waals surface area contributed by atoms with E-state index in [2.05, 4.69) is 29.1 Å². The van der Waals surface area contributed by atoms with Gasteiger partial charge in [0.05, 0.1) is 0 Å². The Morgan fingerprint density at radius 3 is 2.58 bits per heavy atom. The predicted octanol–water partition coefficient (Wildman–Crippen LogP) is 1.93. The minimum atomic E-state index is 0.422. The molecule has 0 radical (unpaired) electrons. The standard InChI is InChI=1S/C10H16N2/c11-9-4-3-5-10(8-9)12-6-1-2-7-12/h1-2,6-7,9-10H,3-5,8,11H2. The Kier molecular flexibility index (Phi) is 2.17. The summed E-state index contributed by atoms with van der Waals surface area (Å²) in [5, 5.41) is 0. The van der Waals surface area contributed by atoms with Crippen LogP contribution in [0.3, 0.4) is 0 Å². The SMILES string of the molecule is NC1CCCC(n2cccc2)C1. The Balaban J connectivity index is 2.04. The molecular weight excluding hydrogens is 148 g/mol. The van der Waals surface area contributed by atoms with Gasteiger partial charge in [-0.05, 0) is 37.8 Å². The molecule has 1 aromatic heterocycles. The molecule has 0 saturated heterocycles. The molecule has 0 spiro atoms. The number of hydrogen-bond donors (Lipinski definition) is 1. The second-order valence-electron chi connectivity index (χ2n) is 3.71. The summed E-state index contributed by atoms with van der Waals surface area (Å²) in [7, 11) is 0. The summed E-state index contributed by atoms with van der Waals surface area (Å²) in [6.07, 6.45) is 9.21. The van der Waals surface area contributed by atoms with Crippen LogP contribution in [-0.2, 0) is 0 Å². The van der Waals surface area contributed by atoms with Crippen molar-refractivity contribution in [3.63, 3.8) is 0 Å². The molecule has 1 aromatic rings. The fourth-order valence-corrected chi connectivity index (χ4v) is 2.06. The van der Waals surface area contributed by atoms with Gasteiger partial charge in [-0.2, -0.15) is 0 Å². The number of nitrogens with zero attached hydrogens (tertiary/aromatic N) is 1. The summed E-state index contributed by atoms with van der Waals surface area (Å²) >= 11 is 0. The van der Waals surface area contributed by atoms with Crippen LogP contribution < -0.4 is 5.73 Å². The lowest BCUT2D eigenvalue weighted by molar-refractivity contribution is 0.320. The third-order valence-corrected chi connectivity index (χ3v) is 2.74. The predicted molar refractivity (Wildman–Crippen MR) is 49.9 cm³/mol. The van der Waals surface area contributed by atoms with Crippen molar-refractivity contribution in [1.82, 2.24) is 4.57 Å². The molecule has 1 aliphatic carbocycles. The third kappa shape index (κ3) is 1.53. The molecule has 12 heavy (non-hydrogen) atoms. The maximum Gasteiger partial charge on any atom is 0.0345 e. The molecular formula is C10H16N2. The maximum absolute atomic E-state index is 5.92. The lowest BCUT2D eigenvalue weighted by Crippen LogP contribution is -2.28. The van der Waals surface area contributed by atoms with Crippen LogP contribution in [0.2, 0.25) is 0 Å². The first-order valence-electron chi connectivity index (χ1n) is 4.74. The summed E-state index contributed by atoms with van der Waals surface area (Å²) in [6, 6.07) is 5.25. The van der Waals surface area contributed by atoms with E-state index in [1.54, 1.807) is 0 Å². The summed E-state index contributed by atoms with van der Waals surface area (Å²) in [5.41, 5.74) is 5.92. The minimum absolute atomic E-state index is 0.422. The van der Waals surface area contributed by atoms with Gasteiger partial charge in [0.25, 0.3) is 0 Å². The molecule has 2 unspecified atom stereocenters. The fraction of sp³-hybridized carbons (Fsp3) is 0.600. The Bertz CT molecular complexity index is 228. The molecule has 0 aromatic carbocycles. The normalized spacial score (nSPS) is 30.4. The van der Waals surface area contributed by atoms with E-state index in [4.69, 9.17) is 5.73 Å². The van der Waals surface area contributed by atoms with Crippen LogP contribution in [0.15, 0.2) is 24.5 Å². The van der Waals surface area contributed by atoms with Crippen molar-refractivity contribution in [2.75, 3.05) is 0 Å². The summed E-state index contributed by atoms with van der Waals surface area (Å²) in [6.45, 7) is 0. The van der Waals surface area contributed by atoms with Crippen LogP contribution >= 0.6 is 0 Å². The molecule has 2 nitrogen and oxygen atoms in total. The van der Waals surface area contributed by atoms with E-state index in [0.29, 0.717) is 12.1 Å². The van der Waals surface area contributed by atoms with Gasteiger partial charge in [0.15, 0.2) is 0 Å². The molecule has 2 rings (SSSR count). The van der Waals surface area contributed by atoms with Crippen molar-refractivity contribution < 1.29 is 0 Å². The molecule has 1 aliphatic rings. The molecule has 1 saturated carbocycles. The molecule has 1 heterocycles. The van der Waals surface area contributed by atoms with Crippen LogP contribution in [0.1, 0.15) is 31.7 Å². The van der Waals surface area contributed by atoms with Crippen molar-refractivity contribution in [1.29, 1.82) is 0 Å². The molecule has 66 valence electrons. The molecule has 0 amide bonds. The topological polar surface area (TPSA) is 30.9 Å². The summed E-state index contributed by atoms with van der Waals surface area (Å²) < 4.78 is 2.29. The van der Waals surface area contributed by atoms with Gasteiger partial charge >= 0.3 is 0 Å². The average molecular weight is 164 g/mol. The quantitative estimate of drug-likeness (QED) is 0.675. The Morgan fingerprint density at radius 2 is 1.92 bits per heavy atom. The van der Waals surface area contributed by atoms with Gasteiger partial charge in [0, 0.05) is 24.5 Å². The van der Waals surface area contributed by atoms with Crippen molar-refractivity contribution in [3.8, 4) is 0 Å². The van der Waals surface area contributed by atoms with E-state index < -0.39 is 0 Å². The molecule has 2 N–H and O–H groups in total. The van der Waals surface area contributed by atoms with Gasteiger partial charge in [-0.15, -0.1) is 0 Å². The highest BCUT2D eigenvalue weighted by Crippen LogP contribution is 2.27. The highest BCUT2D eigenvalue weighted by atomic mass is 15.0. The number of nitrogens with two attached hydrogens (primary N) is 1. The lowest BCUT2D eigenvalue weighted by Gasteiger charge is -2.27. The second kappa shape index (κ2) is 3.31. The van der Waals surface area contributed by atoms with Gasteiger partial charge < -0.3 is 10.3 Å². The van der Waals surface area contributed by atoms with Crippen LogP contribution in [0.4, 0.5) is 0 Å². The summed E-state index contributed by atoms with van der Waals surface area (Å²) in [4.78, 5) is 0. The largest absolute Gasteiger partial charge is 0.351 e. The van der Waals surface area contributed by atoms with Crippen LogP contribution in [0.5, 0.6) is 0 Å². The molecule has 0 bridgehead atoms. The van der Waals surface area contributed by atoms with E-state index in [1.807, 2.05) is 0 Å². The summed E-state index contributed by atoms with van der Waals surface area (Å²) in [5.74, 6) is 0. The minimum Gasteiger partial charge on any atom is -0.351 e. The van der Waals surface area contributed by atoms with E-state index >= 15 is 0 Å². The smallest absolute Gasteiger partial charge is 0.0345 e. The number of rotatable bonds is 1. The molecule has 2 atom stereocenters. The Hall–Kier alpha value is -0.760. The van der Waals surface area contributed by atoms with Gasteiger partial charge in [-0.25, -0.2) is 0 Å². The average Bonchev–Trinajstić information content (AvgIpc) is 2.56. The van der Waals surface area contributed by atoms with E-state index in [9.17, 15) is 0 Å². The van der Waals surface area contributed by atoms with Crippen molar-refractivity contribution in [2.45, 2.75) is 37.8 Å². The van der Waals surface area contributed by atoms with Gasteiger partial charge in [0.1, 0.15) is 0 Å². The highest BCUT2D eigenvalue weighted by molar-refractivity contribution is 4.94. The zero-order valence-electron chi connectivity index (χ0n) is 7.32. The fourth-order valence-electron chi connectivity index (χ4n) is 2.06. The van der Waals surface area contributed by atoms with Crippen LogP contribution in [-0.4, -0.2) is 10.6 Å². The van der Waals surface area contributed by atoms with Crippen molar-refractivity contribution >= 4 is 0 Å². The zero-order valence-corrected chi connectivity index (χ0v) is 7.32. The number of aromatic nitrogens is 1. The lowest BCUT2D eigenvalue weighted by atomic mass is 9.91. The highest BCUT2D eigenvalue weighted by Gasteiger charge is 2.19. The van der Waals surface area contributed by atoms with Crippen molar-refractivity contribution in [2.24, 2.45) is 5.73 Å². The van der Waals surface area contributed by atoms with Gasteiger partial charge in [-0.1, -0.05) is 0 Å². The van der Waals surface area contributed by atoms with E-state index in [0.717, 1.165) is 6.42 Å². The van der Waals surface area contributed by atoms with Crippen molar-refractivity contribution in [3.05, 3.63) is 24.5 Å². The monoisotopic (exact) mass is 164 g/mol. The van der Waals surface area contributed by atoms with Gasteiger partial charge in [-0.3, -0.25) is 0 Å². The first kappa shape index (κ1) is 7.87. The second-order valence-corrected chi connectivity index (χ2v) is 3.71. The van der Waals surface area contributed by atoms with Gasteiger partial charge in [0.2, 0.25) is 0 Å². The Morgan fingerprint density at radius 1 is 1.17 bits per heavy atom. The molecule has 2 heteroatoms. The zero-order chi connectivity index (χ0) is 8.39. The first-order chi connectivity index (χ1) is 5.86.